The molecule has 0 aromatic carbocycles. The van der Waals surface area contributed by atoms with Gasteiger partial charge in [0.1, 0.15) is 0 Å². The second kappa shape index (κ2) is 4.87. The van der Waals surface area contributed by atoms with Crippen molar-refractivity contribution in [2.24, 2.45) is 0 Å². The van der Waals surface area contributed by atoms with Crippen molar-refractivity contribution in [3.63, 3.8) is 0 Å². The van der Waals surface area contributed by atoms with E-state index in [-0.39, 0.29) is 5.97 Å². The molecule has 0 bridgehead atoms. The zero-order chi connectivity index (χ0) is 13.2. The Labute approximate surface area is 110 Å². The van der Waals surface area contributed by atoms with E-state index < -0.39 is 0 Å². The van der Waals surface area contributed by atoms with E-state index in [2.05, 4.69) is 10.2 Å². The number of esters is 1. The second-order valence-corrected chi connectivity index (χ2v) is 4.52. The van der Waals surface area contributed by atoms with Crippen molar-refractivity contribution in [1.29, 1.82) is 0 Å². The van der Waals surface area contributed by atoms with E-state index in [1.54, 1.807) is 22.7 Å². The van der Waals surface area contributed by atoms with Crippen LogP contribution in [0.3, 0.4) is 0 Å². The maximum atomic E-state index is 12.0. The third kappa shape index (κ3) is 2.03. The van der Waals surface area contributed by atoms with Crippen molar-refractivity contribution in [3.05, 3.63) is 35.4 Å². The molecule has 2 heterocycles. The fraction of sp³-hybridized carbons (Fsp3) is 0.462. The Hall–Kier alpha value is -2.11. The number of aromatic nitrogens is 4. The molecule has 0 atom stereocenters. The first-order chi connectivity index (χ1) is 9.31. The minimum Gasteiger partial charge on any atom is -0.461 e. The molecule has 2 aromatic rings. The summed E-state index contributed by atoms with van der Waals surface area (Å²) in [5, 5.41) is 8.57. The molecule has 0 N–H and O–H groups in total. The third-order valence-electron chi connectivity index (χ3n) is 3.31. The van der Waals surface area contributed by atoms with Crippen LogP contribution in [0, 0.1) is 0 Å². The highest BCUT2D eigenvalue weighted by atomic mass is 16.5. The highest BCUT2D eigenvalue weighted by Gasteiger charge is 2.26. The van der Waals surface area contributed by atoms with Crippen LogP contribution in [0.4, 0.5) is 0 Å². The molecule has 100 valence electrons. The van der Waals surface area contributed by atoms with Gasteiger partial charge in [0.05, 0.1) is 24.7 Å². The van der Waals surface area contributed by atoms with Gasteiger partial charge in [-0.15, -0.1) is 5.10 Å². The summed E-state index contributed by atoms with van der Waals surface area (Å²) in [6.45, 7) is 2.16. The standard InChI is InChI=1S/C13H16N4O2/c1-2-19-13(18)12-10-6-3-4-7-11(10)17(15-12)16-9-5-8-14-16/h5,8-9H,2-4,6-7H2,1H3. The maximum Gasteiger partial charge on any atom is 0.359 e. The average molecular weight is 260 g/mol. The number of ether oxygens (including phenoxy) is 1. The lowest BCUT2D eigenvalue weighted by Gasteiger charge is -2.13. The highest BCUT2D eigenvalue weighted by Crippen LogP contribution is 2.25. The summed E-state index contributed by atoms with van der Waals surface area (Å²) in [5.41, 5.74) is 2.52. The van der Waals surface area contributed by atoms with Crippen LogP contribution in [-0.2, 0) is 17.6 Å². The SMILES string of the molecule is CCOC(=O)c1nn(-n2cccn2)c2c1CCCC2. The van der Waals surface area contributed by atoms with Crippen LogP contribution < -0.4 is 0 Å². The summed E-state index contributed by atoms with van der Waals surface area (Å²) in [6, 6.07) is 1.83. The Morgan fingerprint density at radius 3 is 3.00 bits per heavy atom. The Bertz CT molecular complexity index is 586. The lowest BCUT2D eigenvalue weighted by molar-refractivity contribution is 0.0516. The molecule has 0 radical (unpaired) electrons. The minimum atomic E-state index is -0.341. The van der Waals surface area contributed by atoms with Gasteiger partial charge < -0.3 is 4.74 Å². The van der Waals surface area contributed by atoms with Crippen LogP contribution in [0.5, 0.6) is 0 Å². The van der Waals surface area contributed by atoms with Gasteiger partial charge in [-0.1, -0.05) is 0 Å². The molecule has 1 aliphatic rings. The number of nitrogens with zero attached hydrogens (tertiary/aromatic N) is 4. The fourth-order valence-electron chi connectivity index (χ4n) is 2.49. The quantitative estimate of drug-likeness (QED) is 0.784. The number of rotatable bonds is 3. The van der Waals surface area contributed by atoms with Gasteiger partial charge in [-0.3, -0.25) is 0 Å². The molecule has 1 aliphatic carbocycles. The molecule has 0 unspecified atom stereocenters. The fourth-order valence-corrected chi connectivity index (χ4v) is 2.49. The van der Waals surface area contributed by atoms with Gasteiger partial charge in [0, 0.05) is 5.56 Å². The molecule has 0 saturated heterocycles. The Morgan fingerprint density at radius 2 is 2.26 bits per heavy atom. The number of fused-ring (bicyclic) bond motifs is 1. The first kappa shape index (κ1) is 12.0. The molecule has 2 aromatic heterocycles. The molecule has 0 spiro atoms. The van der Waals surface area contributed by atoms with E-state index in [9.17, 15) is 4.79 Å². The van der Waals surface area contributed by atoms with Crippen molar-refractivity contribution in [2.45, 2.75) is 32.6 Å². The lowest BCUT2D eigenvalue weighted by atomic mass is 9.96. The molecular weight excluding hydrogens is 244 g/mol. The van der Waals surface area contributed by atoms with E-state index >= 15 is 0 Å². The van der Waals surface area contributed by atoms with E-state index in [0.29, 0.717) is 12.3 Å². The Balaban J connectivity index is 2.08. The van der Waals surface area contributed by atoms with Gasteiger partial charge in [0.2, 0.25) is 0 Å². The molecule has 3 rings (SSSR count). The van der Waals surface area contributed by atoms with E-state index in [0.717, 1.165) is 36.9 Å². The molecule has 19 heavy (non-hydrogen) atoms. The largest absolute Gasteiger partial charge is 0.461 e. The predicted octanol–water partition coefficient (Wildman–Crippen LogP) is 1.45. The van der Waals surface area contributed by atoms with Crippen LogP contribution in [0.1, 0.15) is 41.5 Å². The van der Waals surface area contributed by atoms with E-state index in [1.165, 1.54) is 0 Å². The molecule has 6 nitrogen and oxygen atoms in total. The average Bonchev–Trinajstić information content (AvgIpc) is 3.06. The Morgan fingerprint density at radius 1 is 1.42 bits per heavy atom. The minimum absolute atomic E-state index is 0.341. The number of hydrogen-bond acceptors (Lipinski definition) is 4. The van der Waals surface area contributed by atoms with Crippen molar-refractivity contribution < 1.29 is 9.53 Å². The van der Waals surface area contributed by atoms with Gasteiger partial charge in [-0.25, -0.2) is 4.79 Å². The lowest BCUT2D eigenvalue weighted by Crippen LogP contribution is -2.16. The number of carbonyl (C=O) groups excluding carboxylic acids is 1. The van der Waals surface area contributed by atoms with Crippen LogP contribution in [0.2, 0.25) is 0 Å². The van der Waals surface area contributed by atoms with Crippen molar-refractivity contribution >= 4 is 5.97 Å². The van der Waals surface area contributed by atoms with Crippen LogP contribution >= 0.6 is 0 Å². The van der Waals surface area contributed by atoms with E-state index in [1.807, 2.05) is 12.3 Å². The van der Waals surface area contributed by atoms with Gasteiger partial charge >= 0.3 is 5.97 Å². The summed E-state index contributed by atoms with van der Waals surface area (Å²) >= 11 is 0. The van der Waals surface area contributed by atoms with Crippen molar-refractivity contribution in [2.75, 3.05) is 6.61 Å². The topological polar surface area (TPSA) is 61.9 Å². The second-order valence-electron chi connectivity index (χ2n) is 4.52. The molecule has 0 amide bonds. The normalized spacial score (nSPS) is 14.2. The van der Waals surface area contributed by atoms with Crippen molar-refractivity contribution in [3.8, 4) is 0 Å². The molecule has 6 heteroatoms. The first-order valence-electron chi connectivity index (χ1n) is 6.59. The summed E-state index contributed by atoms with van der Waals surface area (Å²) in [6.07, 6.45) is 7.51. The summed E-state index contributed by atoms with van der Waals surface area (Å²) in [5.74, 6) is -0.341. The van der Waals surface area contributed by atoms with Gasteiger partial charge in [0.25, 0.3) is 0 Å². The van der Waals surface area contributed by atoms with Crippen LogP contribution in [0.25, 0.3) is 0 Å². The van der Waals surface area contributed by atoms with Crippen LogP contribution in [0.15, 0.2) is 18.5 Å². The maximum absolute atomic E-state index is 12.0. The molecular formula is C13H16N4O2. The molecule has 0 saturated carbocycles. The van der Waals surface area contributed by atoms with Crippen LogP contribution in [-0.4, -0.2) is 32.4 Å². The number of hydrogen-bond donors (Lipinski definition) is 0. The summed E-state index contributed by atoms with van der Waals surface area (Å²) < 4.78 is 5.08. The third-order valence-corrected chi connectivity index (χ3v) is 3.31. The molecule has 0 fully saturated rings. The summed E-state index contributed by atoms with van der Waals surface area (Å²) in [4.78, 5) is 15.3. The zero-order valence-corrected chi connectivity index (χ0v) is 10.9. The van der Waals surface area contributed by atoms with Gasteiger partial charge in [-0.05, 0) is 38.7 Å². The Kier molecular flexibility index (Phi) is 3.06. The van der Waals surface area contributed by atoms with Gasteiger partial charge in [0.15, 0.2) is 5.69 Å². The zero-order valence-electron chi connectivity index (χ0n) is 10.9. The highest BCUT2D eigenvalue weighted by molar-refractivity contribution is 5.89. The predicted molar refractivity (Wildman–Crippen MR) is 67.8 cm³/mol. The smallest absolute Gasteiger partial charge is 0.359 e. The van der Waals surface area contributed by atoms with E-state index in [4.69, 9.17) is 4.74 Å². The number of carbonyl (C=O) groups is 1. The summed E-state index contributed by atoms with van der Waals surface area (Å²) in [7, 11) is 0. The first-order valence-corrected chi connectivity index (χ1v) is 6.59. The van der Waals surface area contributed by atoms with Crippen molar-refractivity contribution in [1.82, 2.24) is 19.8 Å². The molecule has 0 aliphatic heterocycles. The monoisotopic (exact) mass is 260 g/mol. The van der Waals surface area contributed by atoms with Gasteiger partial charge in [-0.2, -0.15) is 14.7 Å².